The summed E-state index contributed by atoms with van der Waals surface area (Å²) < 4.78 is 42.5. The maximum atomic E-state index is 12.4. The number of hydrogen-bond donors (Lipinski definition) is 1. The van der Waals surface area contributed by atoms with E-state index in [1.807, 2.05) is 0 Å². The number of likely N-dealkylation sites (tertiary alicyclic amines) is 1. The average Bonchev–Trinajstić information content (AvgIpc) is 2.52. The monoisotopic (exact) mass is 331 g/mol. The molecule has 0 saturated carbocycles. The Kier molecular flexibility index (Phi) is 5.12. The van der Waals surface area contributed by atoms with Crippen molar-refractivity contribution in [3.63, 3.8) is 0 Å². The highest BCUT2D eigenvalue weighted by Crippen LogP contribution is 2.30. The standard InChI is InChI=1S/C15H16F3NO4/c16-15(17,18)10-4-6-11(7-5-10)23-9-13(20)19-8-2-1-3-12(19)14(21)22/h4-7,12H,1-3,8-9H2,(H,21,22)/t12-/m1/s1. The van der Waals surface area contributed by atoms with Gasteiger partial charge in [0.15, 0.2) is 6.61 Å². The van der Waals surface area contributed by atoms with Gasteiger partial charge in [-0.15, -0.1) is 0 Å². The number of ether oxygens (including phenoxy) is 1. The summed E-state index contributed by atoms with van der Waals surface area (Å²) in [5.41, 5.74) is -0.807. The van der Waals surface area contributed by atoms with Gasteiger partial charge in [-0.25, -0.2) is 4.79 Å². The molecule has 2 rings (SSSR count). The van der Waals surface area contributed by atoms with E-state index in [9.17, 15) is 22.8 Å². The smallest absolute Gasteiger partial charge is 0.416 e. The van der Waals surface area contributed by atoms with E-state index >= 15 is 0 Å². The molecule has 126 valence electrons. The van der Waals surface area contributed by atoms with Crippen LogP contribution < -0.4 is 4.74 Å². The number of rotatable bonds is 4. The minimum Gasteiger partial charge on any atom is -0.484 e. The molecule has 1 N–H and O–H groups in total. The van der Waals surface area contributed by atoms with Crippen LogP contribution in [0.3, 0.4) is 0 Å². The van der Waals surface area contributed by atoms with Crippen LogP contribution in [0.4, 0.5) is 13.2 Å². The van der Waals surface area contributed by atoms with Crippen LogP contribution in [-0.2, 0) is 15.8 Å². The van der Waals surface area contributed by atoms with E-state index in [1.165, 1.54) is 4.90 Å². The second-order valence-corrected chi connectivity index (χ2v) is 5.25. The molecule has 1 aliphatic heterocycles. The van der Waals surface area contributed by atoms with Crippen LogP contribution >= 0.6 is 0 Å². The van der Waals surface area contributed by atoms with Gasteiger partial charge < -0.3 is 14.7 Å². The van der Waals surface area contributed by atoms with Crippen LogP contribution in [0, 0.1) is 0 Å². The highest BCUT2D eigenvalue weighted by Gasteiger charge is 2.32. The van der Waals surface area contributed by atoms with Gasteiger partial charge in [-0.1, -0.05) is 0 Å². The molecular formula is C15H16F3NO4. The summed E-state index contributed by atoms with van der Waals surface area (Å²) in [4.78, 5) is 24.4. The second-order valence-electron chi connectivity index (χ2n) is 5.25. The minimum atomic E-state index is -4.43. The van der Waals surface area contributed by atoms with Crippen molar-refractivity contribution in [2.24, 2.45) is 0 Å². The van der Waals surface area contributed by atoms with E-state index in [0.29, 0.717) is 13.0 Å². The van der Waals surface area contributed by atoms with E-state index in [0.717, 1.165) is 37.1 Å². The van der Waals surface area contributed by atoms with Crippen LogP contribution in [0.5, 0.6) is 5.75 Å². The molecule has 8 heteroatoms. The number of carbonyl (C=O) groups excluding carboxylic acids is 1. The molecule has 1 amide bonds. The first-order valence-electron chi connectivity index (χ1n) is 7.11. The maximum absolute atomic E-state index is 12.4. The summed E-state index contributed by atoms with van der Waals surface area (Å²) in [6, 6.07) is 3.11. The SMILES string of the molecule is O=C(O)[C@H]1CCCCN1C(=O)COc1ccc(C(F)(F)F)cc1. The van der Waals surface area contributed by atoms with Crippen LogP contribution in [0.1, 0.15) is 24.8 Å². The molecule has 23 heavy (non-hydrogen) atoms. The number of amides is 1. The molecule has 0 radical (unpaired) electrons. The fourth-order valence-corrected chi connectivity index (χ4v) is 2.45. The van der Waals surface area contributed by atoms with Gasteiger partial charge in [0.05, 0.1) is 5.56 Å². The van der Waals surface area contributed by atoms with E-state index in [2.05, 4.69) is 0 Å². The Labute approximate surface area is 130 Å². The molecule has 0 aliphatic carbocycles. The summed E-state index contributed by atoms with van der Waals surface area (Å²) in [7, 11) is 0. The average molecular weight is 331 g/mol. The molecule has 1 atom stereocenters. The number of carboxylic acids is 1. The van der Waals surface area contributed by atoms with Crippen LogP contribution in [-0.4, -0.2) is 41.1 Å². The zero-order valence-corrected chi connectivity index (χ0v) is 12.2. The Morgan fingerprint density at radius 1 is 1.22 bits per heavy atom. The third kappa shape index (κ3) is 4.37. The predicted octanol–water partition coefficient (Wildman–Crippen LogP) is 2.55. The normalized spacial score (nSPS) is 18.6. The molecule has 0 spiro atoms. The van der Waals surface area contributed by atoms with Gasteiger partial charge in [-0.3, -0.25) is 4.79 Å². The number of alkyl halides is 3. The topological polar surface area (TPSA) is 66.8 Å². The number of hydrogen-bond acceptors (Lipinski definition) is 3. The molecular weight excluding hydrogens is 315 g/mol. The Balaban J connectivity index is 1.94. The summed E-state index contributed by atoms with van der Waals surface area (Å²) in [6.45, 7) is -0.0681. The summed E-state index contributed by atoms with van der Waals surface area (Å²) in [5.74, 6) is -1.43. The lowest BCUT2D eigenvalue weighted by Gasteiger charge is -2.32. The molecule has 1 aromatic rings. The molecule has 1 fully saturated rings. The molecule has 0 unspecified atom stereocenters. The summed E-state index contributed by atoms with van der Waals surface area (Å²) in [5, 5.41) is 9.11. The molecule has 5 nitrogen and oxygen atoms in total. The second kappa shape index (κ2) is 6.89. The Morgan fingerprint density at radius 2 is 1.87 bits per heavy atom. The van der Waals surface area contributed by atoms with Crippen LogP contribution in [0.25, 0.3) is 0 Å². The lowest BCUT2D eigenvalue weighted by Crippen LogP contribution is -2.49. The lowest BCUT2D eigenvalue weighted by atomic mass is 10.0. The Bertz CT molecular complexity index is 571. The van der Waals surface area contributed by atoms with Crippen molar-refractivity contribution in [1.82, 2.24) is 4.90 Å². The molecule has 1 aromatic carbocycles. The van der Waals surface area contributed by atoms with Crippen molar-refractivity contribution >= 4 is 11.9 Å². The molecule has 0 aromatic heterocycles. The van der Waals surface area contributed by atoms with Gasteiger partial charge in [0, 0.05) is 6.54 Å². The highest BCUT2D eigenvalue weighted by molar-refractivity contribution is 5.84. The molecule has 0 bridgehead atoms. The third-order valence-corrected chi connectivity index (χ3v) is 3.65. The first kappa shape index (κ1) is 17.1. The fraction of sp³-hybridized carbons (Fsp3) is 0.467. The number of halogens is 3. The molecule has 1 saturated heterocycles. The quantitative estimate of drug-likeness (QED) is 0.921. The summed E-state index contributed by atoms with van der Waals surface area (Å²) >= 11 is 0. The molecule has 1 heterocycles. The minimum absolute atomic E-state index is 0.121. The van der Waals surface area contributed by atoms with Gasteiger partial charge >= 0.3 is 12.1 Å². The number of nitrogens with zero attached hydrogens (tertiary/aromatic N) is 1. The number of carbonyl (C=O) groups is 2. The number of benzene rings is 1. The van der Waals surface area contributed by atoms with E-state index < -0.39 is 36.3 Å². The predicted molar refractivity (Wildman–Crippen MR) is 73.9 cm³/mol. The lowest BCUT2D eigenvalue weighted by molar-refractivity contribution is -0.152. The number of carboxylic acid groups (broad SMARTS) is 1. The first-order valence-corrected chi connectivity index (χ1v) is 7.11. The van der Waals surface area contributed by atoms with Gasteiger partial charge in [0.25, 0.3) is 5.91 Å². The Morgan fingerprint density at radius 3 is 2.43 bits per heavy atom. The van der Waals surface area contributed by atoms with E-state index in [1.54, 1.807) is 0 Å². The number of aliphatic carboxylic acids is 1. The van der Waals surface area contributed by atoms with Gasteiger partial charge in [0.1, 0.15) is 11.8 Å². The Hall–Kier alpha value is -2.25. The fourth-order valence-electron chi connectivity index (χ4n) is 2.45. The highest BCUT2D eigenvalue weighted by atomic mass is 19.4. The largest absolute Gasteiger partial charge is 0.484 e. The summed E-state index contributed by atoms with van der Waals surface area (Å²) in [6.07, 6.45) is -2.59. The zero-order chi connectivity index (χ0) is 17.0. The number of piperidine rings is 1. The van der Waals surface area contributed by atoms with Gasteiger partial charge in [-0.05, 0) is 43.5 Å². The van der Waals surface area contributed by atoms with Crippen LogP contribution in [0.2, 0.25) is 0 Å². The third-order valence-electron chi connectivity index (χ3n) is 3.65. The van der Waals surface area contributed by atoms with Gasteiger partial charge in [-0.2, -0.15) is 13.2 Å². The van der Waals surface area contributed by atoms with E-state index in [4.69, 9.17) is 9.84 Å². The first-order chi connectivity index (χ1) is 10.8. The van der Waals surface area contributed by atoms with Crippen molar-refractivity contribution in [3.8, 4) is 5.75 Å². The van der Waals surface area contributed by atoms with Crippen molar-refractivity contribution in [3.05, 3.63) is 29.8 Å². The van der Waals surface area contributed by atoms with E-state index in [-0.39, 0.29) is 5.75 Å². The van der Waals surface area contributed by atoms with Crippen molar-refractivity contribution in [2.75, 3.05) is 13.2 Å². The van der Waals surface area contributed by atoms with Crippen molar-refractivity contribution in [1.29, 1.82) is 0 Å². The molecule has 1 aliphatic rings. The van der Waals surface area contributed by atoms with Crippen LogP contribution in [0.15, 0.2) is 24.3 Å². The van der Waals surface area contributed by atoms with Crippen molar-refractivity contribution < 1.29 is 32.6 Å². The maximum Gasteiger partial charge on any atom is 0.416 e. The van der Waals surface area contributed by atoms with Gasteiger partial charge in [0.2, 0.25) is 0 Å². The van der Waals surface area contributed by atoms with Crippen molar-refractivity contribution in [2.45, 2.75) is 31.5 Å². The zero-order valence-electron chi connectivity index (χ0n) is 12.2.